The Morgan fingerprint density at radius 2 is 1.83 bits per heavy atom. The van der Waals surface area contributed by atoms with Crippen molar-refractivity contribution in [3.63, 3.8) is 0 Å². The molecule has 0 aliphatic carbocycles. The van der Waals surface area contributed by atoms with Crippen LogP contribution in [0.5, 0.6) is 0 Å². The van der Waals surface area contributed by atoms with Crippen LogP contribution >= 0.6 is 0 Å². The SMILES string of the molecule is CC(C)(C)OC(=O)N1CCC(c2cc(C[C@H]3O[C@@H]4COC(C)(C)O[C@@H]4[C@H](n4cc(-c5cc(F)c(F)c(F)c5)nn4)[C@H]3O)no2)CC1. The summed E-state index contributed by atoms with van der Waals surface area (Å²) in [7, 11) is 0. The zero-order valence-electron chi connectivity index (χ0n) is 26.3. The Balaban J connectivity index is 1.18. The lowest BCUT2D eigenvalue weighted by atomic mass is 9.89. The van der Waals surface area contributed by atoms with Crippen molar-refractivity contribution in [2.45, 2.75) is 102 Å². The van der Waals surface area contributed by atoms with Gasteiger partial charge in [0, 0.05) is 37.1 Å². The number of amides is 1. The molecule has 5 atom stereocenters. The maximum atomic E-state index is 13.9. The first-order chi connectivity index (χ1) is 21.7. The maximum Gasteiger partial charge on any atom is 0.410 e. The van der Waals surface area contributed by atoms with Crippen LogP contribution in [0, 0.1) is 17.5 Å². The number of carbonyl (C=O) groups is 1. The van der Waals surface area contributed by atoms with Crippen molar-refractivity contribution < 1.29 is 46.5 Å². The van der Waals surface area contributed by atoms with Gasteiger partial charge in [-0.05, 0) is 59.6 Å². The van der Waals surface area contributed by atoms with Crippen molar-refractivity contribution >= 4 is 6.09 Å². The van der Waals surface area contributed by atoms with Gasteiger partial charge < -0.3 is 33.5 Å². The van der Waals surface area contributed by atoms with Gasteiger partial charge in [-0.1, -0.05) is 10.4 Å². The number of nitrogens with zero attached hydrogens (tertiary/aromatic N) is 5. The van der Waals surface area contributed by atoms with Crippen LogP contribution < -0.4 is 0 Å². The van der Waals surface area contributed by atoms with Gasteiger partial charge in [-0.2, -0.15) is 0 Å². The second-order valence-electron chi connectivity index (χ2n) is 13.5. The number of hydrogen-bond donors (Lipinski definition) is 1. The van der Waals surface area contributed by atoms with Crippen LogP contribution in [0.2, 0.25) is 0 Å². The van der Waals surface area contributed by atoms with Crippen LogP contribution in [0.25, 0.3) is 11.3 Å². The van der Waals surface area contributed by atoms with E-state index in [9.17, 15) is 23.1 Å². The summed E-state index contributed by atoms with van der Waals surface area (Å²) in [5, 5.41) is 24.1. The summed E-state index contributed by atoms with van der Waals surface area (Å²) in [6.07, 6.45) is -0.618. The molecule has 3 saturated heterocycles. The van der Waals surface area contributed by atoms with Gasteiger partial charge in [-0.3, -0.25) is 0 Å². The quantitative estimate of drug-likeness (QED) is 0.393. The Labute approximate surface area is 263 Å². The Hall–Kier alpha value is -3.53. The van der Waals surface area contributed by atoms with Gasteiger partial charge in [0.25, 0.3) is 0 Å². The largest absolute Gasteiger partial charge is 0.444 e. The van der Waals surface area contributed by atoms with Gasteiger partial charge in [0.2, 0.25) is 0 Å². The van der Waals surface area contributed by atoms with Gasteiger partial charge >= 0.3 is 6.09 Å². The number of aromatic nitrogens is 4. The highest BCUT2D eigenvalue weighted by atomic mass is 19.2. The van der Waals surface area contributed by atoms with E-state index in [4.69, 9.17) is 23.5 Å². The van der Waals surface area contributed by atoms with Crippen LogP contribution in [-0.4, -0.2) is 91.8 Å². The predicted octanol–water partition coefficient (Wildman–Crippen LogP) is 4.53. The number of aliphatic hydroxyl groups excluding tert-OH is 1. The lowest BCUT2D eigenvalue weighted by Crippen LogP contribution is -2.62. The average molecular weight is 650 g/mol. The van der Waals surface area contributed by atoms with E-state index in [1.165, 1.54) is 10.9 Å². The van der Waals surface area contributed by atoms with Crippen molar-refractivity contribution in [1.82, 2.24) is 25.1 Å². The third kappa shape index (κ3) is 6.77. The fraction of sp³-hybridized carbons (Fsp3) is 0.613. The zero-order chi connectivity index (χ0) is 33.0. The topological polar surface area (TPSA) is 134 Å². The number of piperidine rings is 1. The summed E-state index contributed by atoms with van der Waals surface area (Å²) in [5.74, 6) is -4.53. The molecule has 1 aromatic carbocycles. The van der Waals surface area contributed by atoms with Crippen LogP contribution in [0.3, 0.4) is 0 Å². The molecular weight excluding hydrogens is 611 g/mol. The second-order valence-corrected chi connectivity index (χ2v) is 13.5. The highest BCUT2D eigenvalue weighted by Gasteiger charge is 2.52. The molecule has 2 aromatic heterocycles. The number of hydrogen-bond acceptors (Lipinski definition) is 10. The molecule has 0 unspecified atom stereocenters. The molecule has 0 bridgehead atoms. The van der Waals surface area contributed by atoms with Crippen molar-refractivity contribution in [2.24, 2.45) is 0 Å². The third-order valence-corrected chi connectivity index (χ3v) is 8.43. The van der Waals surface area contributed by atoms with Gasteiger partial charge in [0.05, 0.1) is 24.6 Å². The minimum Gasteiger partial charge on any atom is -0.444 e. The second kappa shape index (κ2) is 12.2. The summed E-state index contributed by atoms with van der Waals surface area (Å²) >= 11 is 0. The smallest absolute Gasteiger partial charge is 0.410 e. The molecule has 1 N–H and O–H groups in total. The number of aliphatic hydroxyl groups is 1. The van der Waals surface area contributed by atoms with E-state index in [-0.39, 0.29) is 36.3 Å². The Bertz CT molecular complexity index is 1540. The van der Waals surface area contributed by atoms with Crippen LogP contribution in [-0.2, 0) is 25.4 Å². The lowest BCUT2D eigenvalue weighted by molar-refractivity contribution is -0.348. The summed E-state index contributed by atoms with van der Waals surface area (Å²) in [6, 6.07) is 2.67. The molecule has 6 rings (SSSR count). The molecule has 0 saturated carbocycles. The fourth-order valence-corrected chi connectivity index (χ4v) is 6.17. The minimum atomic E-state index is -1.58. The minimum absolute atomic E-state index is 0.0161. The van der Waals surface area contributed by atoms with Gasteiger partial charge in [-0.25, -0.2) is 22.6 Å². The van der Waals surface area contributed by atoms with Gasteiger partial charge in [0.1, 0.15) is 41.4 Å². The Morgan fingerprint density at radius 3 is 2.50 bits per heavy atom. The molecule has 3 aromatic rings. The molecule has 12 nitrogen and oxygen atoms in total. The lowest BCUT2D eigenvalue weighted by Gasteiger charge is -2.50. The normalized spacial score (nSPS) is 27.0. The summed E-state index contributed by atoms with van der Waals surface area (Å²) in [5.41, 5.74) is 0.0649. The Morgan fingerprint density at radius 1 is 1.13 bits per heavy atom. The monoisotopic (exact) mass is 649 g/mol. The number of halogens is 3. The highest BCUT2D eigenvalue weighted by Crippen LogP contribution is 2.40. The molecule has 250 valence electrons. The molecule has 46 heavy (non-hydrogen) atoms. The number of fused-ring (bicyclic) bond motifs is 1. The van der Waals surface area contributed by atoms with Crippen LogP contribution in [0.1, 0.15) is 70.9 Å². The summed E-state index contributed by atoms with van der Waals surface area (Å²) in [4.78, 5) is 14.1. The van der Waals surface area contributed by atoms with E-state index in [1.54, 1.807) is 18.7 Å². The fourth-order valence-electron chi connectivity index (χ4n) is 6.17. The number of benzene rings is 1. The molecule has 15 heteroatoms. The van der Waals surface area contributed by atoms with E-state index < -0.39 is 59.3 Å². The first kappa shape index (κ1) is 32.4. The molecule has 5 heterocycles. The predicted molar refractivity (Wildman–Crippen MR) is 154 cm³/mol. The number of carbonyl (C=O) groups excluding carboxylic acids is 1. The van der Waals surface area contributed by atoms with E-state index in [2.05, 4.69) is 15.5 Å². The summed E-state index contributed by atoms with van der Waals surface area (Å²) in [6.45, 7) is 10.2. The van der Waals surface area contributed by atoms with Crippen molar-refractivity contribution in [3.05, 3.63) is 53.3 Å². The molecule has 3 aliphatic rings. The maximum absolute atomic E-state index is 13.9. The highest BCUT2D eigenvalue weighted by molar-refractivity contribution is 5.68. The first-order valence-corrected chi connectivity index (χ1v) is 15.3. The number of ether oxygens (including phenoxy) is 4. The van der Waals surface area contributed by atoms with E-state index >= 15 is 0 Å². The van der Waals surface area contributed by atoms with Crippen LogP contribution in [0.4, 0.5) is 18.0 Å². The van der Waals surface area contributed by atoms with Crippen molar-refractivity contribution in [1.29, 1.82) is 0 Å². The zero-order valence-corrected chi connectivity index (χ0v) is 26.3. The Kier molecular flexibility index (Phi) is 8.63. The van der Waals surface area contributed by atoms with Crippen LogP contribution in [0.15, 0.2) is 28.9 Å². The van der Waals surface area contributed by atoms with E-state index in [0.717, 1.165) is 12.1 Å². The molecule has 3 aliphatic heterocycles. The molecule has 3 fully saturated rings. The average Bonchev–Trinajstić information content (AvgIpc) is 3.66. The standard InChI is InChI=1S/C31H38F3N5O7/c1-30(2,3)45-29(41)38-8-6-16(7-9-38)22-12-18(36-46-22)13-23-27(40)26(28-24(43-23)15-42-31(4,5)44-28)39-14-21(35-37-39)17-10-19(32)25(34)20(33)11-17/h10-12,14,16,23-24,26-28,40H,6-9,13,15H2,1-5H3/t23-,24-,26-,27+,28+/m1/s1. The molecular formula is C31H38F3N5O7. The van der Waals surface area contributed by atoms with Gasteiger partial charge in [-0.15, -0.1) is 5.10 Å². The third-order valence-electron chi connectivity index (χ3n) is 8.43. The van der Waals surface area contributed by atoms with Gasteiger partial charge in [0.15, 0.2) is 23.2 Å². The van der Waals surface area contributed by atoms with Crippen molar-refractivity contribution in [3.8, 4) is 11.3 Å². The summed E-state index contributed by atoms with van der Waals surface area (Å²) < 4.78 is 72.3. The van der Waals surface area contributed by atoms with E-state index in [1.807, 2.05) is 26.8 Å². The van der Waals surface area contributed by atoms with E-state index in [0.29, 0.717) is 37.4 Å². The molecule has 1 amide bonds. The first-order valence-electron chi connectivity index (χ1n) is 15.3. The number of rotatable bonds is 5. The number of likely N-dealkylation sites (tertiary alicyclic amines) is 1. The molecule has 0 spiro atoms. The molecule has 0 radical (unpaired) electrons. The van der Waals surface area contributed by atoms with Crippen molar-refractivity contribution in [2.75, 3.05) is 19.7 Å².